The van der Waals surface area contributed by atoms with Crippen LogP contribution in [0.25, 0.3) is 11.0 Å². The highest BCUT2D eigenvalue weighted by atomic mass is 32.2. The molecule has 0 radical (unpaired) electrons. The van der Waals surface area contributed by atoms with Crippen molar-refractivity contribution in [1.82, 2.24) is 30.2 Å². The lowest BCUT2D eigenvalue weighted by Gasteiger charge is -2.36. The fourth-order valence-corrected chi connectivity index (χ4v) is 9.38. The SMILES string of the molecule is COc1ccc2nc3c(nc2c1)O[C@H]1CN(C(=O)[C@H](C(C)(C)C)NC(=O)O[C@@H]2CC2CCCCC3F)[C@H](C(=O)N[C@]2(C(=O)NS(=O)(=O)C3(C)CC3)C[C@H]2C(F)F)[C@@H]1C. The number of amides is 4. The molecule has 4 amide bonds. The Morgan fingerprint density at radius 2 is 1.78 bits per heavy atom. The number of benzene rings is 1. The highest BCUT2D eigenvalue weighted by molar-refractivity contribution is 7.91. The molecule has 318 valence electrons. The predicted octanol–water partition coefficient (Wildman–Crippen LogP) is 4.49. The molecule has 3 heterocycles. The fourth-order valence-electron chi connectivity index (χ4n) is 8.07. The zero-order chi connectivity index (χ0) is 42.1. The molecule has 1 aromatic heterocycles. The van der Waals surface area contributed by atoms with Crippen LogP contribution >= 0.6 is 0 Å². The van der Waals surface area contributed by atoms with Gasteiger partial charge in [0.05, 0.1) is 35.4 Å². The van der Waals surface area contributed by atoms with E-state index in [4.69, 9.17) is 14.2 Å². The standard InChI is InChI=1S/C39H51F3N6O9S/c1-19-27-18-48(29(19)32(49)46-39(17-22(39)31(41)42)35(51)47-58(53,54)38(5)13-14-38)34(50)30(37(2,3)4)45-36(52)57-26-15-20(26)9-7-8-10-23(40)28-33(56-27)44-25-16-21(55-6)11-12-24(25)43-28/h11-12,16,19-20,22-23,26-27,29-31H,7-10,13-15,17-18H2,1-6H3,(H,45,52)(H,46,49)(H,47,51)/t19-,20?,22+,23?,26-,27+,29+,30-,39-/m1/s1. The normalized spacial score (nSPS) is 32.3. The van der Waals surface area contributed by atoms with Crippen LogP contribution in [0, 0.1) is 23.2 Å². The zero-order valence-electron chi connectivity index (χ0n) is 33.4. The van der Waals surface area contributed by atoms with E-state index in [2.05, 4.69) is 20.6 Å². The number of hydrogen-bond donors (Lipinski definition) is 3. The number of alkyl halides is 3. The second-order valence-corrected chi connectivity index (χ2v) is 20.0. The molecule has 2 aromatic rings. The van der Waals surface area contributed by atoms with Gasteiger partial charge in [-0.05, 0) is 68.9 Å². The second kappa shape index (κ2) is 15.0. The second-order valence-electron chi connectivity index (χ2n) is 17.8. The number of halogens is 3. The number of aromatic nitrogens is 2. The Labute approximate surface area is 334 Å². The maximum Gasteiger partial charge on any atom is 0.408 e. The van der Waals surface area contributed by atoms with Crippen molar-refractivity contribution in [2.24, 2.45) is 23.2 Å². The van der Waals surface area contributed by atoms with Gasteiger partial charge in [-0.2, -0.15) is 0 Å². The van der Waals surface area contributed by atoms with Gasteiger partial charge in [0.25, 0.3) is 5.91 Å². The van der Waals surface area contributed by atoms with Crippen LogP contribution in [-0.2, 0) is 29.1 Å². The van der Waals surface area contributed by atoms with Crippen LogP contribution in [0.1, 0.15) is 97.9 Å². The summed E-state index contributed by atoms with van der Waals surface area (Å²) in [7, 11) is -2.80. The molecular weight excluding hydrogens is 786 g/mol. The summed E-state index contributed by atoms with van der Waals surface area (Å²) >= 11 is 0. The molecule has 1 saturated heterocycles. The van der Waals surface area contributed by atoms with Crippen LogP contribution < -0.4 is 24.8 Å². The van der Waals surface area contributed by atoms with E-state index in [0.717, 1.165) is 4.90 Å². The fraction of sp³-hybridized carbons (Fsp3) is 0.692. The van der Waals surface area contributed by atoms with E-state index < -0.39 is 98.6 Å². The number of nitrogens with zero attached hydrogens (tertiary/aromatic N) is 3. The molecule has 7 rings (SSSR count). The molecule has 0 spiro atoms. The van der Waals surface area contributed by atoms with Gasteiger partial charge in [-0.1, -0.05) is 40.5 Å². The van der Waals surface area contributed by atoms with Crippen molar-refractivity contribution >= 4 is 44.9 Å². The van der Waals surface area contributed by atoms with Gasteiger partial charge in [-0.3, -0.25) is 19.1 Å². The lowest BCUT2D eigenvalue weighted by atomic mass is 9.85. The Morgan fingerprint density at radius 3 is 2.41 bits per heavy atom. The molecule has 1 aromatic carbocycles. The third-order valence-corrected chi connectivity index (χ3v) is 14.6. The average molecular weight is 837 g/mol. The average Bonchev–Trinajstić information content (AvgIpc) is 4.10. The largest absolute Gasteiger partial charge is 0.497 e. The molecule has 2 bridgehead atoms. The highest BCUT2D eigenvalue weighted by Gasteiger charge is 2.67. The number of carbonyl (C=O) groups is 4. The van der Waals surface area contributed by atoms with E-state index in [9.17, 15) is 36.4 Å². The van der Waals surface area contributed by atoms with Crippen molar-refractivity contribution in [3.8, 4) is 11.6 Å². The number of alkyl carbamates (subject to hydrolysis) is 1. The van der Waals surface area contributed by atoms with E-state index in [1.54, 1.807) is 45.9 Å². The highest BCUT2D eigenvalue weighted by Crippen LogP contribution is 2.50. The molecule has 3 aliphatic carbocycles. The number of fused-ring (bicyclic) bond motifs is 5. The molecule has 9 atom stereocenters. The van der Waals surface area contributed by atoms with Crippen molar-refractivity contribution < 1.29 is 55.0 Å². The van der Waals surface area contributed by atoms with Gasteiger partial charge in [0.1, 0.15) is 47.4 Å². The lowest BCUT2D eigenvalue weighted by molar-refractivity contribution is -0.143. The maximum absolute atomic E-state index is 16.2. The van der Waals surface area contributed by atoms with Crippen molar-refractivity contribution in [3.63, 3.8) is 0 Å². The van der Waals surface area contributed by atoms with Gasteiger partial charge >= 0.3 is 6.09 Å². The van der Waals surface area contributed by atoms with Gasteiger partial charge in [-0.15, -0.1) is 0 Å². The summed E-state index contributed by atoms with van der Waals surface area (Å²) in [5.41, 5.74) is -2.63. The Bertz CT molecular complexity index is 2100. The van der Waals surface area contributed by atoms with Gasteiger partial charge in [0, 0.05) is 12.0 Å². The molecule has 58 heavy (non-hydrogen) atoms. The summed E-state index contributed by atoms with van der Waals surface area (Å²) in [5.74, 6) is -5.39. The molecular formula is C39H51F3N6O9S. The van der Waals surface area contributed by atoms with Crippen LogP contribution in [0.2, 0.25) is 0 Å². The summed E-state index contributed by atoms with van der Waals surface area (Å²) in [5, 5.41) is 5.11. The number of methoxy groups -OCH3 is 1. The van der Waals surface area contributed by atoms with Crippen molar-refractivity contribution in [2.45, 2.75) is 133 Å². The van der Waals surface area contributed by atoms with Gasteiger partial charge in [0.15, 0.2) is 0 Å². The molecule has 3 saturated carbocycles. The molecule has 2 aliphatic heterocycles. The number of hydrogen-bond acceptors (Lipinski definition) is 11. The van der Waals surface area contributed by atoms with E-state index in [0.29, 0.717) is 42.5 Å². The van der Waals surface area contributed by atoms with Crippen LogP contribution in [0.5, 0.6) is 11.6 Å². The van der Waals surface area contributed by atoms with E-state index in [1.165, 1.54) is 14.0 Å². The van der Waals surface area contributed by atoms with E-state index >= 15 is 4.39 Å². The molecule has 3 N–H and O–H groups in total. The number of rotatable bonds is 7. The Hall–Kier alpha value is -4.42. The third kappa shape index (κ3) is 7.98. The predicted molar refractivity (Wildman–Crippen MR) is 202 cm³/mol. The number of ether oxygens (including phenoxy) is 3. The van der Waals surface area contributed by atoms with Crippen LogP contribution in [0.3, 0.4) is 0 Å². The first-order chi connectivity index (χ1) is 27.2. The summed E-state index contributed by atoms with van der Waals surface area (Å²) in [6.45, 7) is 7.79. The molecule has 5 aliphatic rings. The topological polar surface area (TPSA) is 195 Å². The zero-order valence-corrected chi connectivity index (χ0v) is 34.2. The minimum absolute atomic E-state index is 0.0696. The Balaban J connectivity index is 1.26. The Morgan fingerprint density at radius 1 is 1.07 bits per heavy atom. The number of nitrogens with one attached hydrogen (secondary N) is 3. The summed E-state index contributed by atoms with van der Waals surface area (Å²) < 4.78 is 89.0. The minimum atomic E-state index is -4.27. The first-order valence-electron chi connectivity index (χ1n) is 19.8. The minimum Gasteiger partial charge on any atom is -0.497 e. The lowest BCUT2D eigenvalue weighted by Crippen LogP contribution is -2.61. The van der Waals surface area contributed by atoms with E-state index in [-0.39, 0.29) is 49.4 Å². The molecule has 15 nitrogen and oxygen atoms in total. The van der Waals surface area contributed by atoms with Crippen molar-refractivity contribution in [1.29, 1.82) is 0 Å². The van der Waals surface area contributed by atoms with E-state index in [1.807, 2.05) is 4.72 Å². The van der Waals surface area contributed by atoms with Crippen molar-refractivity contribution in [3.05, 3.63) is 23.9 Å². The monoisotopic (exact) mass is 836 g/mol. The summed E-state index contributed by atoms with van der Waals surface area (Å²) in [4.78, 5) is 66.5. The van der Waals surface area contributed by atoms with Gasteiger partial charge < -0.3 is 29.7 Å². The number of sulfonamides is 1. The van der Waals surface area contributed by atoms with Gasteiger partial charge in [-0.25, -0.2) is 36.4 Å². The van der Waals surface area contributed by atoms with Crippen LogP contribution in [0.15, 0.2) is 18.2 Å². The van der Waals surface area contributed by atoms with Crippen LogP contribution in [0.4, 0.5) is 18.0 Å². The first kappa shape index (κ1) is 41.7. The number of carbonyl (C=O) groups excluding carboxylic acids is 4. The third-order valence-electron chi connectivity index (χ3n) is 12.4. The van der Waals surface area contributed by atoms with Crippen LogP contribution in [-0.4, -0.2) is 102 Å². The van der Waals surface area contributed by atoms with Gasteiger partial charge in [0.2, 0.25) is 34.1 Å². The Kier molecular flexibility index (Phi) is 10.8. The summed E-state index contributed by atoms with van der Waals surface area (Å²) in [6.07, 6.45) is -4.49. The molecule has 19 heteroatoms. The first-order valence-corrected chi connectivity index (χ1v) is 21.3. The van der Waals surface area contributed by atoms with Crippen molar-refractivity contribution in [2.75, 3.05) is 13.7 Å². The molecule has 4 fully saturated rings. The smallest absolute Gasteiger partial charge is 0.408 e. The quantitative estimate of drug-likeness (QED) is 0.356. The maximum atomic E-state index is 16.2. The summed E-state index contributed by atoms with van der Waals surface area (Å²) in [6, 6.07) is 2.13. The molecule has 2 unspecified atom stereocenters.